The summed E-state index contributed by atoms with van der Waals surface area (Å²) in [4.78, 5) is 27.0. The number of nitrogens with one attached hydrogen (secondary N) is 2. The van der Waals surface area contributed by atoms with E-state index in [4.69, 9.17) is 18.9 Å². The van der Waals surface area contributed by atoms with Crippen LogP contribution in [0.2, 0.25) is 0 Å². The van der Waals surface area contributed by atoms with Crippen LogP contribution >= 0.6 is 0 Å². The molecule has 1 saturated carbocycles. The molecule has 0 radical (unpaired) electrons. The van der Waals surface area contributed by atoms with Gasteiger partial charge in [0.05, 0.1) is 37.1 Å². The quantitative estimate of drug-likeness (QED) is 0.301. The van der Waals surface area contributed by atoms with Gasteiger partial charge in [-0.25, -0.2) is 9.97 Å². The van der Waals surface area contributed by atoms with Crippen LogP contribution in [0, 0.1) is 6.92 Å². The number of fused-ring (bicyclic) bond motifs is 3. The molecule has 3 N–H and O–H groups in total. The minimum absolute atomic E-state index is 0.182. The molecule has 1 aromatic carbocycles. The van der Waals surface area contributed by atoms with Gasteiger partial charge in [0.25, 0.3) is 5.91 Å². The molecule has 3 aromatic rings. The zero-order chi connectivity index (χ0) is 30.0. The molecule has 5 heterocycles. The molecule has 3 atom stereocenters. The number of carbonyl (C=O) groups excluding carboxylic acids is 1. The lowest BCUT2D eigenvalue weighted by Gasteiger charge is -2.36. The molecule has 2 bridgehead atoms. The zero-order valence-corrected chi connectivity index (χ0v) is 25.3. The number of aromatic nitrogens is 2. The minimum atomic E-state index is -0.683. The number of anilines is 2. The van der Waals surface area contributed by atoms with Crippen molar-refractivity contribution in [3.63, 3.8) is 0 Å². The maximum atomic E-state index is 13.4. The SMILES string of the molecule is Cc1ncoc1COc1ccc2c(c1)CCN(CC(O)CNC(=O)c1cc(NC3CCC3)nc(N3[C@@H]4CC[C@H]3COC4)c1)C2. The number of aliphatic hydroxyl groups is 1. The van der Waals surface area contributed by atoms with Crippen molar-refractivity contribution in [2.75, 3.05) is 43.1 Å². The Balaban J connectivity index is 0.941. The number of rotatable bonds is 11. The zero-order valence-electron chi connectivity index (χ0n) is 25.3. The van der Waals surface area contributed by atoms with E-state index in [-0.39, 0.29) is 12.5 Å². The third-order valence-electron chi connectivity index (χ3n) is 9.49. The van der Waals surface area contributed by atoms with Crippen molar-refractivity contribution in [2.24, 2.45) is 0 Å². The number of hydrogen-bond donors (Lipinski definition) is 3. The normalized spacial score (nSPS) is 22.3. The van der Waals surface area contributed by atoms with Crippen molar-refractivity contribution in [3.05, 3.63) is 64.9 Å². The van der Waals surface area contributed by atoms with Gasteiger partial charge in [-0.2, -0.15) is 0 Å². The average molecular weight is 603 g/mol. The molecule has 4 aliphatic rings. The Morgan fingerprint density at radius 2 is 1.98 bits per heavy atom. The standard InChI is InChI=1S/C33H42N6O5/c1-21-30(44-20-35-21)19-43-29-8-5-23-15-38(10-9-22(23)11-29)16-28(40)14-34-33(41)24-12-31(36-25-3-2-4-25)37-32(13-24)39-26-6-7-27(39)18-42-17-26/h5,8,11-13,20,25-28,40H,2-4,6-7,9-10,14-19H2,1H3,(H,34,41)(H,36,37)/t26-,27+,28?. The Morgan fingerprint density at radius 1 is 1.14 bits per heavy atom. The van der Waals surface area contributed by atoms with Gasteiger partial charge in [-0.3, -0.25) is 9.69 Å². The van der Waals surface area contributed by atoms with Crippen molar-refractivity contribution >= 4 is 17.5 Å². The van der Waals surface area contributed by atoms with Gasteiger partial charge in [0.2, 0.25) is 0 Å². The van der Waals surface area contributed by atoms with Gasteiger partial charge in [-0.15, -0.1) is 0 Å². The van der Waals surface area contributed by atoms with Crippen LogP contribution < -0.4 is 20.3 Å². The number of pyridine rings is 1. The average Bonchev–Trinajstić information content (AvgIpc) is 3.54. The number of aryl methyl sites for hydroxylation is 1. The molecule has 11 nitrogen and oxygen atoms in total. The fourth-order valence-corrected chi connectivity index (χ4v) is 6.74. The van der Waals surface area contributed by atoms with Crippen molar-refractivity contribution in [1.82, 2.24) is 20.2 Å². The van der Waals surface area contributed by atoms with Crippen LogP contribution in [-0.2, 0) is 24.3 Å². The van der Waals surface area contributed by atoms with Crippen molar-refractivity contribution in [1.29, 1.82) is 0 Å². The van der Waals surface area contributed by atoms with E-state index in [0.717, 1.165) is 74.0 Å². The maximum absolute atomic E-state index is 13.4. The first kappa shape index (κ1) is 29.1. The van der Waals surface area contributed by atoms with E-state index < -0.39 is 6.10 Å². The van der Waals surface area contributed by atoms with Crippen LogP contribution in [-0.4, -0.2) is 83.0 Å². The number of oxazole rings is 1. The first-order valence-electron chi connectivity index (χ1n) is 16.0. The van der Waals surface area contributed by atoms with E-state index in [0.29, 0.717) is 50.1 Å². The third-order valence-corrected chi connectivity index (χ3v) is 9.49. The summed E-state index contributed by atoms with van der Waals surface area (Å²) >= 11 is 0. The molecule has 234 valence electrons. The highest BCUT2D eigenvalue weighted by Crippen LogP contribution is 2.35. The molecular formula is C33H42N6O5. The highest BCUT2D eigenvalue weighted by atomic mass is 16.5. The number of β-amino-alcohol motifs (C(OH)–C–C–N with tert-alkyl or cyclic N) is 1. The van der Waals surface area contributed by atoms with Gasteiger partial charge >= 0.3 is 0 Å². The summed E-state index contributed by atoms with van der Waals surface area (Å²) in [6.45, 7) is 5.89. The van der Waals surface area contributed by atoms with Gasteiger partial charge in [-0.05, 0) is 80.8 Å². The van der Waals surface area contributed by atoms with Crippen molar-refractivity contribution in [2.45, 2.75) is 82.8 Å². The number of benzene rings is 1. The highest BCUT2D eigenvalue weighted by molar-refractivity contribution is 5.95. The van der Waals surface area contributed by atoms with Crippen molar-refractivity contribution < 1.29 is 23.8 Å². The predicted octanol–water partition coefficient (Wildman–Crippen LogP) is 3.44. The molecule has 1 unspecified atom stereocenters. The number of amides is 1. The van der Waals surface area contributed by atoms with Crippen LogP contribution in [0.5, 0.6) is 5.75 Å². The van der Waals surface area contributed by atoms with Crippen molar-refractivity contribution in [3.8, 4) is 5.75 Å². The summed E-state index contributed by atoms with van der Waals surface area (Å²) in [5.74, 6) is 2.93. The highest BCUT2D eigenvalue weighted by Gasteiger charge is 2.38. The second-order valence-electron chi connectivity index (χ2n) is 12.6. The topological polar surface area (TPSA) is 125 Å². The Kier molecular flexibility index (Phi) is 8.42. The van der Waals surface area contributed by atoms with Crippen LogP contribution in [0.3, 0.4) is 0 Å². The smallest absolute Gasteiger partial charge is 0.251 e. The summed E-state index contributed by atoms with van der Waals surface area (Å²) in [6, 6.07) is 10.9. The summed E-state index contributed by atoms with van der Waals surface area (Å²) in [5.41, 5.74) is 3.88. The second-order valence-corrected chi connectivity index (χ2v) is 12.6. The summed E-state index contributed by atoms with van der Waals surface area (Å²) in [6.07, 6.45) is 7.26. The summed E-state index contributed by atoms with van der Waals surface area (Å²) in [5, 5.41) is 17.4. The Bertz CT molecular complexity index is 1460. The first-order chi connectivity index (χ1) is 21.5. The number of aliphatic hydroxyl groups excluding tert-OH is 1. The van der Waals surface area contributed by atoms with Gasteiger partial charge in [0.1, 0.15) is 24.0 Å². The van der Waals surface area contributed by atoms with E-state index >= 15 is 0 Å². The number of morpholine rings is 1. The molecule has 1 aliphatic carbocycles. The molecule has 44 heavy (non-hydrogen) atoms. The molecule has 3 fully saturated rings. The Labute approximate surface area is 257 Å². The lowest BCUT2D eigenvalue weighted by atomic mass is 9.93. The minimum Gasteiger partial charge on any atom is -0.486 e. The molecule has 0 spiro atoms. The fraction of sp³-hybridized carbons (Fsp3) is 0.545. The molecule has 2 aromatic heterocycles. The monoisotopic (exact) mass is 602 g/mol. The first-order valence-corrected chi connectivity index (χ1v) is 16.0. The molecular weight excluding hydrogens is 560 g/mol. The van der Waals surface area contributed by atoms with Crippen LogP contribution in [0.25, 0.3) is 0 Å². The number of hydrogen-bond acceptors (Lipinski definition) is 10. The van der Waals surface area contributed by atoms with Crippen LogP contribution in [0.1, 0.15) is 65.0 Å². The van der Waals surface area contributed by atoms with Gasteiger partial charge in [0, 0.05) is 37.8 Å². The Hall–Kier alpha value is -3.67. The predicted molar refractivity (Wildman–Crippen MR) is 165 cm³/mol. The lowest BCUT2D eigenvalue weighted by molar-refractivity contribution is 0.0841. The number of ether oxygens (including phenoxy) is 2. The Morgan fingerprint density at radius 3 is 2.73 bits per heavy atom. The fourth-order valence-electron chi connectivity index (χ4n) is 6.74. The largest absolute Gasteiger partial charge is 0.486 e. The second kappa shape index (κ2) is 12.7. The van der Waals surface area contributed by atoms with Gasteiger partial charge in [-0.1, -0.05) is 6.07 Å². The van der Waals surface area contributed by atoms with Crippen LogP contribution in [0.4, 0.5) is 11.6 Å². The van der Waals surface area contributed by atoms with Gasteiger partial charge < -0.3 is 34.5 Å². The third kappa shape index (κ3) is 6.40. The van der Waals surface area contributed by atoms with E-state index in [1.165, 1.54) is 23.9 Å². The van der Waals surface area contributed by atoms with E-state index in [1.807, 2.05) is 25.1 Å². The molecule has 2 saturated heterocycles. The molecule has 7 rings (SSSR count). The van der Waals surface area contributed by atoms with E-state index in [1.54, 1.807) is 0 Å². The van der Waals surface area contributed by atoms with E-state index in [9.17, 15) is 9.90 Å². The van der Waals surface area contributed by atoms with Crippen LogP contribution in [0.15, 0.2) is 41.1 Å². The number of carbonyl (C=O) groups is 1. The van der Waals surface area contributed by atoms with Gasteiger partial charge in [0.15, 0.2) is 12.2 Å². The lowest BCUT2D eigenvalue weighted by Crippen LogP contribution is -2.46. The van der Waals surface area contributed by atoms with E-state index in [2.05, 4.69) is 37.6 Å². The summed E-state index contributed by atoms with van der Waals surface area (Å²) < 4.78 is 17.1. The molecule has 3 aliphatic heterocycles. The maximum Gasteiger partial charge on any atom is 0.251 e. The molecule has 1 amide bonds. The summed E-state index contributed by atoms with van der Waals surface area (Å²) in [7, 11) is 0. The molecule has 11 heteroatoms. The number of nitrogens with zero attached hydrogens (tertiary/aromatic N) is 4.